The lowest BCUT2D eigenvalue weighted by Gasteiger charge is -2.21. The molecule has 4 nitrogen and oxygen atoms in total. The summed E-state index contributed by atoms with van der Waals surface area (Å²) in [7, 11) is 0. The van der Waals surface area contributed by atoms with E-state index in [4.69, 9.17) is 15.3 Å². The first-order valence-corrected chi connectivity index (χ1v) is 5.16. The van der Waals surface area contributed by atoms with Crippen LogP contribution in [0.4, 0.5) is 0 Å². The lowest BCUT2D eigenvalue weighted by atomic mass is 10.0. The van der Waals surface area contributed by atoms with Crippen LogP contribution in [0.15, 0.2) is 35.3 Å². The fraction of sp³-hybridized carbons (Fsp3) is 0.417. The molecule has 0 aromatic heterocycles. The van der Waals surface area contributed by atoms with Crippen LogP contribution in [0, 0.1) is 0 Å². The molecule has 0 saturated heterocycles. The van der Waals surface area contributed by atoms with E-state index in [2.05, 4.69) is 4.99 Å². The Hall–Kier alpha value is -1.23. The number of hydrogen-bond acceptors (Lipinski definition) is 4. The average molecular weight is 223 g/mol. The normalized spacial score (nSPS) is 12.2. The molecule has 0 amide bonds. The van der Waals surface area contributed by atoms with Crippen LogP contribution in [0.25, 0.3) is 0 Å². The van der Waals surface area contributed by atoms with E-state index < -0.39 is 5.54 Å². The molecule has 1 rings (SSSR count). The van der Waals surface area contributed by atoms with Crippen molar-refractivity contribution in [2.45, 2.75) is 12.0 Å². The summed E-state index contributed by atoms with van der Waals surface area (Å²) in [5.41, 5.74) is -0.0663. The van der Waals surface area contributed by atoms with Gasteiger partial charge in [-0.2, -0.15) is 0 Å². The molecule has 88 valence electrons. The second-order valence-electron chi connectivity index (χ2n) is 3.70. The second kappa shape index (κ2) is 6.37. The van der Waals surface area contributed by atoms with Crippen LogP contribution >= 0.6 is 0 Å². The fourth-order valence-corrected chi connectivity index (χ4v) is 1.23. The van der Waals surface area contributed by atoms with Gasteiger partial charge >= 0.3 is 0 Å². The molecule has 0 aliphatic heterocycles. The van der Waals surface area contributed by atoms with Gasteiger partial charge in [0.05, 0.1) is 19.8 Å². The molecule has 0 saturated carbocycles. The van der Waals surface area contributed by atoms with E-state index in [0.717, 1.165) is 5.56 Å². The summed E-state index contributed by atoms with van der Waals surface area (Å²) in [6.45, 7) is -1.11. The van der Waals surface area contributed by atoms with Crippen LogP contribution in [0.2, 0.25) is 0 Å². The lowest BCUT2D eigenvalue weighted by molar-refractivity contribution is 0.0717. The summed E-state index contributed by atoms with van der Waals surface area (Å²) in [6, 6.07) is 9.72. The van der Waals surface area contributed by atoms with Gasteiger partial charge in [0.1, 0.15) is 5.54 Å². The molecule has 0 atom stereocenters. The smallest absolute Gasteiger partial charge is 0.129 e. The zero-order valence-electron chi connectivity index (χ0n) is 9.08. The van der Waals surface area contributed by atoms with Crippen molar-refractivity contribution in [2.75, 3.05) is 19.8 Å². The first-order valence-electron chi connectivity index (χ1n) is 5.16. The summed E-state index contributed by atoms with van der Waals surface area (Å²) < 4.78 is 0. The van der Waals surface area contributed by atoms with Gasteiger partial charge in [-0.1, -0.05) is 30.3 Å². The van der Waals surface area contributed by atoms with Crippen molar-refractivity contribution < 1.29 is 15.3 Å². The van der Waals surface area contributed by atoms with E-state index in [1.54, 1.807) is 6.21 Å². The highest BCUT2D eigenvalue weighted by Crippen LogP contribution is 2.08. The van der Waals surface area contributed by atoms with Crippen molar-refractivity contribution in [1.29, 1.82) is 0 Å². The van der Waals surface area contributed by atoms with Gasteiger partial charge in [-0.25, -0.2) is 0 Å². The van der Waals surface area contributed by atoms with Gasteiger partial charge in [0, 0.05) is 12.6 Å². The Morgan fingerprint density at radius 2 is 1.56 bits per heavy atom. The standard InChI is InChI=1S/C12H17NO3/c14-8-12(9-15,10-16)13-7-6-11-4-2-1-3-5-11/h1-5,7,14-16H,6,8-10H2. The molecule has 3 N–H and O–H groups in total. The minimum atomic E-state index is -1.16. The van der Waals surface area contributed by atoms with Gasteiger partial charge in [-0.05, 0) is 5.56 Å². The van der Waals surface area contributed by atoms with Crippen molar-refractivity contribution in [3.05, 3.63) is 35.9 Å². The number of aliphatic hydroxyl groups is 3. The maximum atomic E-state index is 9.04. The quantitative estimate of drug-likeness (QED) is 0.595. The third-order valence-corrected chi connectivity index (χ3v) is 2.42. The Morgan fingerprint density at radius 1 is 1.00 bits per heavy atom. The predicted molar refractivity (Wildman–Crippen MR) is 62.6 cm³/mol. The highest BCUT2D eigenvalue weighted by atomic mass is 16.3. The fourth-order valence-electron chi connectivity index (χ4n) is 1.23. The monoisotopic (exact) mass is 223 g/mol. The van der Waals surface area contributed by atoms with E-state index in [-0.39, 0.29) is 19.8 Å². The van der Waals surface area contributed by atoms with E-state index in [1.807, 2.05) is 30.3 Å². The molecule has 0 aliphatic carbocycles. The van der Waals surface area contributed by atoms with E-state index >= 15 is 0 Å². The maximum absolute atomic E-state index is 9.04. The van der Waals surface area contributed by atoms with Gasteiger partial charge < -0.3 is 15.3 Å². The summed E-state index contributed by atoms with van der Waals surface area (Å²) in [4.78, 5) is 4.03. The predicted octanol–water partition coefficient (Wildman–Crippen LogP) is 0.0156. The van der Waals surface area contributed by atoms with Crippen molar-refractivity contribution in [2.24, 2.45) is 4.99 Å². The molecule has 0 aliphatic rings. The SMILES string of the molecule is OCC(CO)(CO)N=CCc1ccccc1. The summed E-state index contributed by atoms with van der Waals surface area (Å²) in [5.74, 6) is 0. The van der Waals surface area contributed by atoms with E-state index in [1.165, 1.54) is 0 Å². The van der Waals surface area contributed by atoms with E-state index in [0.29, 0.717) is 6.42 Å². The third-order valence-electron chi connectivity index (χ3n) is 2.42. The van der Waals surface area contributed by atoms with Crippen LogP contribution in [-0.2, 0) is 6.42 Å². The molecule has 1 aromatic rings. The number of hydrogen-bond donors (Lipinski definition) is 3. The molecule has 4 heteroatoms. The first kappa shape index (κ1) is 12.8. The molecule has 0 fully saturated rings. The Labute approximate surface area is 94.9 Å². The number of nitrogens with zero attached hydrogens (tertiary/aromatic N) is 1. The number of aliphatic imine (C=N–C) groups is 1. The first-order chi connectivity index (χ1) is 7.76. The topological polar surface area (TPSA) is 73.0 Å². The largest absolute Gasteiger partial charge is 0.394 e. The molecule has 0 unspecified atom stereocenters. The molecule has 0 radical (unpaired) electrons. The van der Waals surface area contributed by atoms with Gasteiger partial charge in [-0.15, -0.1) is 0 Å². The van der Waals surface area contributed by atoms with Gasteiger partial charge in [0.25, 0.3) is 0 Å². The lowest BCUT2D eigenvalue weighted by Crippen LogP contribution is -2.39. The van der Waals surface area contributed by atoms with Gasteiger partial charge in [0.15, 0.2) is 0 Å². The van der Waals surface area contributed by atoms with Crippen LogP contribution in [-0.4, -0.2) is 46.9 Å². The summed E-state index contributed by atoms with van der Waals surface area (Å²) in [5, 5.41) is 27.1. The van der Waals surface area contributed by atoms with Crippen molar-refractivity contribution in [1.82, 2.24) is 0 Å². The molecular weight excluding hydrogens is 206 g/mol. The molecule has 16 heavy (non-hydrogen) atoms. The zero-order chi connectivity index (χ0) is 11.9. The van der Waals surface area contributed by atoms with Crippen LogP contribution in [0.1, 0.15) is 5.56 Å². The van der Waals surface area contributed by atoms with E-state index in [9.17, 15) is 0 Å². The summed E-state index contributed by atoms with van der Waals surface area (Å²) >= 11 is 0. The third kappa shape index (κ3) is 3.41. The van der Waals surface area contributed by atoms with Crippen LogP contribution in [0.3, 0.4) is 0 Å². The molecule has 0 bridgehead atoms. The minimum absolute atomic E-state index is 0.370. The van der Waals surface area contributed by atoms with Gasteiger partial charge in [-0.3, -0.25) is 4.99 Å². The Morgan fingerprint density at radius 3 is 2.06 bits per heavy atom. The molecule has 0 heterocycles. The number of rotatable bonds is 6. The van der Waals surface area contributed by atoms with Gasteiger partial charge in [0.2, 0.25) is 0 Å². The second-order valence-corrected chi connectivity index (χ2v) is 3.70. The molecular formula is C12H17NO3. The summed E-state index contributed by atoms with van der Waals surface area (Å²) in [6.07, 6.45) is 2.22. The minimum Gasteiger partial charge on any atom is -0.394 e. The maximum Gasteiger partial charge on any atom is 0.129 e. The van der Waals surface area contributed by atoms with Crippen molar-refractivity contribution in [3.63, 3.8) is 0 Å². The highest BCUT2D eigenvalue weighted by Gasteiger charge is 2.25. The Kier molecular flexibility index (Phi) is 5.11. The zero-order valence-corrected chi connectivity index (χ0v) is 9.08. The molecule has 1 aromatic carbocycles. The number of benzene rings is 1. The molecule has 0 spiro atoms. The van der Waals surface area contributed by atoms with Crippen molar-refractivity contribution in [3.8, 4) is 0 Å². The number of aliphatic hydroxyl groups excluding tert-OH is 3. The van der Waals surface area contributed by atoms with Crippen LogP contribution in [0.5, 0.6) is 0 Å². The van der Waals surface area contributed by atoms with Crippen molar-refractivity contribution >= 4 is 6.21 Å². The Balaban J connectivity index is 2.59. The van der Waals surface area contributed by atoms with Crippen LogP contribution < -0.4 is 0 Å². The Bertz CT molecular complexity index is 312. The average Bonchev–Trinajstić information content (AvgIpc) is 2.37. The highest BCUT2D eigenvalue weighted by molar-refractivity contribution is 5.62.